The second kappa shape index (κ2) is 7.58. The molecule has 0 aliphatic carbocycles. The molecule has 2 unspecified atom stereocenters. The lowest BCUT2D eigenvalue weighted by molar-refractivity contribution is 0.0943. The highest BCUT2D eigenvalue weighted by atomic mass is 35.5. The van der Waals surface area contributed by atoms with Crippen molar-refractivity contribution in [2.75, 3.05) is 26.2 Å². The third-order valence-electron chi connectivity index (χ3n) is 4.71. The van der Waals surface area contributed by atoms with Gasteiger partial charge in [-0.3, -0.25) is 4.79 Å². The Morgan fingerprint density at radius 2 is 2.04 bits per heavy atom. The quantitative estimate of drug-likeness (QED) is 0.805. The number of halogens is 1. The zero-order valence-electron chi connectivity index (χ0n) is 14.4. The number of aromatic amines is 1. The van der Waals surface area contributed by atoms with Crippen LogP contribution in [0, 0.1) is 11.8 Å². The molecule has 1 fully saturated rings. The number of rotatable bonds is 5. The SMILES string of the molecule is CC1CC(C)CN(CCCNC(=O)c2cc3ccc(Cl)cc3[nH]2)C1. The fourth-order valence-corrected chi connectivity index (χ4v) is 3.97. The third-order valence-corrected chi connectivity index (χ3v) is 4.95. The van der Waals surface area contributed by atoms with Gasteiger partial charge in [0.05, 0.1) is 0 Å². The first-order chi connectivity index (χ1) is 11.5. The Hall–Kier alpha value is -1.52. The number of nitrogens with zero attached hydrogens (tertiary/aromatic N) is 1. The van der Waals surface area contributed by atoms with Crippen molar-refractivity contribution < 1.29 is 4.79 Å². The van der Waals surface area contributed by atoms with Crippen molar-refractivity contribution in [1.29, 1.82) is 0 Å². The van der Waals surface area contributed by atoms with E-state index in [4.69, 9.17) is 11.6 Å². The molecule has 0 radical (unpaired) electrons. The molecule has 1 aromatic carbocycles. The van der Waals surface area contributed by atoms with E-state index < -0.39 is 0 Å². The molecule has 0 spiro atoms. The predicted octanol–water partition coefficient (Wildman–Crippen LogP) is 3.92. The number of benzene rings is 1. The van der Waals surface area contributed by atoms with E-state index in [1.807, 2.05) is 24.3 Å². The van der Waals surface area contributed by atoms with E-state index in [1.54, 1.807) is 0 Å². The van der Waals surface area contributed by atoms with Gasteiger partial charge in [-0.15, -0.1) is 0 Å². The minimum absolute atomic E-state index is 0.0531. The maximum atomic E-state index is 12.3. The molecule has 1 aliphatic heterocycles. The highest BCUT2D eigenvalue weighted by molar-refractivity contribution is 6.31. The van der Waals surface area contributed by atoms with E-state index in [0.717, 1.165) is 35.7 Å². The summed E-state index contributed by atoms with van der Waals surface area (Å²) in [4.78, 5) is 17.9. The summed E-state index contributed by atoms with van der Waals surface area (Å²) in [7, 11) is 0. The van der Waals surface area contributed by atoms with Crippen molar-refractivity contribution in [2.24, 2.45) is 11.8 Å². The molecule has 4 nitrogen and oxygen atoms in total. The van der Waals surface area contributed by atoms with Gasteiger partial charge in [0.2, 0.25) is 0 Å². The maximum Gasteiger partial charge on any atom is 0.267 e. The first-order valence-electron chi connectivity index (χ1n) is 8.80. The van der Waals surface area contributed by atoms with Crippen LogP contribution in [0.25, 0.3) is 10.9 Å². The zero-order chi connectivity index (χ0) is 17.1. The van der Waals surface area contributed by atoms with E-state index in [1.165, 1.54) is 19.5 Å². The number of likely N-dealkylation sites (tertiary alicyclic amines) is 1. The minimum Gasteiger partial charge on any atom is -0.351 e. The van der Waals surface area contributed by atoms with Gasteiger partial charge in [0.1, 0.15) is 5.69 Å². The molecule has 130 valence electrons. The lowest BCUT2D eigenvalue weighted by Gasteiger charge is -2.34. The number of carbonyl (C=O) groups excluding carboxylic acids is 1. The summed E-state index contributed by atoms with van der Waals surface area (Å²) < 4.78 is 0. The smallest absolute Gasteiger partial charge is 0.267 e. The molecule has 1 saturated heterocycles. The van der Waals surface area contributed by atoms with Crippen molar-refractivity contribution in [3.05, 3.63) is 35.0 Å². The van der Waals surface area contributed by atoms with Crippen molar-refractivity contribution in [2.45, 2.75) is 26.7 Å². The van der Waals surface area contributed by atoms with Gasteiger partial charge in [0.25, 0.3) is 5.91 Å². The third kappa shape index (κ3) is 4.31. The molecule has 3 rings (SSSR count). The number of hydrogen-bond acceptors (Lipinski definition) is 2. The molecular weight excluding hydrogens is 322 g/mol. The van der Waals surface area contributed by atoms with Gasteiger partial charge in [0, 0.05) is 35.6 Å². The number of hydrogen-bond donors (Lipinski definition) is 2. The maximum absolute atomic E-state index is 12.3. The van der Waals surface area contributed by atoms with Crippen LogP contribution in [0.5, 0.6) is 0 Å². The van der Waals surface area contributed by atoms with Crippen LogP contribution in [0.1, 0.15) is 37.2 Å². The number of nitrogens with one attached hydrogen (secondary N) is 2. The zero-order valence-corrected chi connectivity index (χ0v) is 15.2. The van der Waals surface area contributed by atoms with Crippen molar-refractivity contribution in [3.8, 4) is 0 Å². The Morgan fingerprint density at radius 3 is 2.79 bits per heavy atom. The molecule has 2 N–H and O–H groups in total. The normalized spacial score (nSPS) is 22.0. The van der Waals surface area contributed by atoms with Gasteiger partial charge in [-0.2, -0.15) is 0 Å². The minimum atomic E-state index is -0.0531. The largest absolute Gasteiger partial charge is 0.351 e. The van der Waals surface area contributed by atoms with Crippen LogP contribution in [0.3, 0.4) is 0 Å². The molecule has 2 atom stereocenters. The summed E-state index contributed by atoms with van der Waals surface area (Å²) in [6.07, 6.45) is 2.31. The molecule has 5 heteroatoms. The lowest BCUT2D eigenvalue weighted by Crippen LogP contribution is -2.40. The standard InChI is InChI=1S/C19H26ClN3O/c1-13-8-14(2)12-23(11-13)7-3-6-21-19(24)18-9-15-4-5-16(20)10-17(15)22-18/h4-5,9-10,13-14,22H,3,6-8,11-12H2,1-2H3,(H,21,24). The molecule has 1 amide bonds. The summed E-state index contributed by atoms with van der Waals surface area (Å²) in [5.41, 5.74) is 1.48. The highest BCUT2D eigenvalue weighted by Gasteiger charge is 2.21. The molecule has 2 aromatic rings. The first-order valence-corrected chi connectivity index (χ1v) is 9.18. The summed E-state index contributed by atoms with van der Waals surface area (Å²) >= 11 is 5.98. The summed E-state index contributed by atoms with van der Waals surface area (Å²) in [5, 5.41) is 4.68. The molecule has 24 heavy (non-hydrogen) atoms. The molecule has 1 aromatic heterocycles. The van der Waals surface area contributed by atoms with Crippen molar-refractivity contribution in [1.82, 2.24) is 15.2 Å². The Bertz CT molecular complexity index is 702. The van der Waals surface area contributed by atoms with E-state index >= 15 is 0 Å². The Labute approximate surface area is 148 Å². The Morgan fingerprint density at radius 1 is 1.29 bits per heavy atom. The Kier molecular flexibility index (Phi) is 5.47. The first kappa shape index (κ1) is 17.3. The van der Waals surface area contributed by atoms with Crippen LogP contribution < -0.4 is 5.32 Å². The van der Waals surface area contributed by atoms with E-state index in [0.29, 0.717) is 17.3 Å². The molecule has 0 saturated carbocycles. The molecule has 1 aliphatic rings. The van der Waals surface area contributed by atoms with Crippen LogP contribution >= 0.6 is 11.6 Å². The second-order valence-electron chi connectivity index (χ2n) is 7.23. The number of H-pyrrole nitrogens is 1. The second-order valence-corrected chi connectivity index (χ2v) is 7.67. The number of aromatic nitrogens is 1. The van der Waals surface area contributed by atoms with Gasteiger partial charge >= 0.3 is 0 Å². The van der Waals surface area contributed by atoms with Crippen LogP contribution in [0.15, 0.2) is 24.3 Å². The van der Waals surface area contributed by atoms with Gasteiger partial charge < -0.3 is 15.2 Å². The number of fused-ring (bicyclic) bond motifs is 1. The van der Waals surface area contributed by atoms with Crippen molar-refractivity contribution >= 4 is 28.4 Å². The van der Waals surface area contributed by atoms with Crippen LogP contribution in [0.4, 0.5) is 0 Å². The average molecular weight is 348 g/mol. The van der Waals surface area contributed by atoms with E-state index in [2.05, 4.69) is 29.0 Å². The number of piperidine rings is 1. The van der Waals surface area contributed by atoms with Crippen LogP contribution in [-0.2, 0) is 0 Å². The van der Waals surface area contributed by atoms with Crippen LogP contribution in [-0.4, -0.2) is 42.0 Å². The van der Waals surface area contributed by atoms with Gasteiger partial charge in [-0.05, 0) is 49.4 Å². The molecular formula is C19H26ClN3O. The summed E-state index contributed by atoms with van der Waals surface area (Å²) in [6.45, 7) is 8.77. The topological polar surface area (TPSA) is 48.1 Å². The van der Waals surface area contributed by atoms with Gasteiger partial charge in [-0.1, -0.05) is 31.5 Å². The van der Waals surface area contributed by atoms with E-state index in [-0.39, 0.29) is 5.91 Å². The number of amides is 1. The van der Waals surface area contributed by atoms with Crippen LogP contribution in [0.2, 0.25) is 5.02 Å². The van der Waals surface area contributed by atoms with Gasteiger partial charge in [0.15, 0.2) is 0 Å². The summed E-state index contributed by atoms with van der Waals surface area (Å²) in [5.74, 6) is 1.51. The predicted molar refractivity (Wildman–Crippen MR) is 99.6 cm³/mol. The van der Waals surface area contributed by atoms with Crippen molar-refractivity contribution in [3.63, 3.8) is 0 Å². The monoisotopic (exact) mass is 347 g/mol. The molecule has 2 heterocycles. The van der Waals surface area contributed by atoms with E-state index in [9.17, 15) is 4.79 Å². The Balaban J connectivity index is 1.46. The fourth-order valence-electron chi connectivity index (χ4n) is 3.80. The van der Waals surface area contributed by atoms with Gasteiger partial charge in [-0.25, -0.2) is 0 Å². The highest BCUT2D eigenvalue weighted by Crippen LogP contribution is 2.21. The average Bonchev–Trinajstić information content (AvgIpc) is 2.93. The lowest BCUT2D eigenvalue weighted by atomic mass is 9.92. The summed E-state index contributed by atoms with van der Waals surface area (Å²) in [6, 6.07) is 7.46. The fraction of sp³-hybridized carbons (Fsp3) is 0.526. The molecule has 0 bridgehead atoms. The number of carbonyl (C=O) groups is 1.